The van der Waals surface area contributed by atoms with Gasteiger partial charge in [0.05, 0.1) is 11.1 Å². The van der Waals surface area contributed by atoms with Crippen molar-refractivity contribution < 1.29 is 38.6 Å². The molecule has 66 heavy (non-hydrogen) atoms. The van der Waals surface area contributed by atoms with Crippen LogP contribution < -0.4 is 28.4 Å². The van der Waals surface area contributed by atoms with Crippen molar-refractivity contribution in [1.29, 1.82) is 0 Å². The SMILES string of the molecule is CC(C)(C)Oc1cc(OC(C)(C)C)c(C2(O)c3cc4ccccc4cc3C(O)(c3c(OC(C)(C)C)cc(OC(C)(C)C)cc3OC(C)(C)C)c3cc4ccccc4cc32)c(OC(C)(C)C)c1. The van der Waals surface area contributed by atoms with Crippen LogP contribution in [0.4, 0.5) is 0 Å². The van der Waals surface area contributed by atoms with E-state index >= 15 is 0 Å². The second-order valence-corrected chi connectivity index (χ2v) is 23.8. The van der Waals surface area contributed by atoms with E-state index in [0.29, 0.717) is 67.9 Å². The van der Waals surface area contributed by atoms with Gasteiger partial charge in [-0.25, -0.2) is 0 Å². The molecule has 7 rings (SSSR count). The molecule has 0 atom stereocenters. The van der Waals surface area contributed by atoms with Crippen LogP contribution in [0.5, 0.6) is 34.5 Å². The Hall–Kier alpha value is -5.44. The lowest BCUT2D eigenvalue weighted by Gasteiger charge is -2.47. The highest BCUT2D eigenvalue weighted by Crippen LogP contribution is 2.61. The first kappa shape index (κ1) is 48.5. The second kappa shape index (κ2) is 16.1. The molecule has 6 aromatic carbocycles. The van der Waals surface area contributed by atoms with Crippen molar-refractivity contribution in [1.82, 2.24) is 0 Å². The number of hydrogen-bond acceptors (Lipinski definition) is 8. The fourth-order valence-corrected chi connectivity index (χ4v) is 8.82. The molecule has 0 radical (unpaired) electrons. The summed E-state index contributed by atoms with van der Waals surface area (Å²) in [4.78, 5) is 0. The van der Waals surface area contributed by atoms with E-state index in [0.717, 1.165) is 21.5 Å². The third kappa shape index (κ3) is 10.1. The van der Waals surface area contributed by atoms with Gasteiger partial charge in [-0.2, -0.15) is 0 Å². The highest BCUT2D eigenvalue weighted by molar-refractivity contribution is 5.91. The molecule has 8 nitrogen and oxygen atoms in total. The maximum atomic E-state index is 14.7. The van der Waals surface area contributed by atoms with Crippen LogP contribution in [0.2, 0.25) is 0 Å². The Labute approximate surface area is 393 Å². The van der Waals surface area contributed by atoms with Crippen molar-refractivity contribution in [3.05, 3.63) is 130 Å². The molecule has 0 saturated carbocycles. The minimum atomic E-state index is -2.03. The predicted molar refractivity (Wildman–Crippen MR) is 267 cm³/mol. The van der Waals surface area contributed by atoms with E-state index in [4.69, 9.17) is 28.4 Å². The van der Waals surface area contributed by atoms with E-state index in [1.165, 1.54) is 0 Å². The molecule has 0 heterocycles. The van der Waals surface area contributed by atoms with Crippen molar-refractivity contribution in [2.24, 2.45) is 0 Å². The Kier molecular flexibility index (Phi) is 11.8. The first-order chi connectivity index (χ1) is 30.1. The van der Waals surface area contributed by atoms with Gasteiger partial charge < -0.3 is 38.6 Å². The van der Waals surface area contributed by atoms with Gasteiger partial charge in [-0.15, -0.1) is 0 Å². The normalized spacial score (nSPS) is 18.1. The first-order valence-electron chi connectivity index (χ1n) is 23.2. The van der Waals surface area contributed by atoms with Gasteiger partial charge in [0.15, 0.2) is 0 Å². The third-order valence-electron chi connectivity index (χ3n) is 10.6. The quantitative estimate of drug-likeness (QED) is 0.156. The monoisotopic (exact) mass is 897 g/mol. The molecule has 352 valence electrons. The summed E-state index contributed by atoms with van der Waals surface area (Å²) < 4.78 is 41.0. The van der Waals surface area contributed by atoms with Crippen LogP contribution in [-0.2, 0) is 11.2 Å². The Morgan fingerprint density at radius 1 is 0.303 bits per heavy atom. The Morgan fingerprint density at radius 2 is 0.500 bits per heavy atom. The summed E-state index contributed by atoms with van der Waals surface area (Å²) in [6.45, 7) is 35.7. The van der Waals surface area contributed by atoms with Crippen LogP contribution >= 0.6 is 0 Å². The molecule has 0 unspecified atom stereocenters. The second-order valence-electron chi connectivity index (χ2n) is 23.8. The lowest BCUT2D eigenvalue weighted by atomic mass is 9.62. The number of fused-ring (bicyclic) bond motifs is 4. The Bertz CT molecular complexity index is 2440. The van der Waals surface area contributed by atoms with Crippen molar-refractivity contribution in [2.75, 3.05) is 0 Å². The molecular formula is C58H72O8. The summed E-state index contributed by atoms with van der Waals surface area (Å²) in [5, 5.41) is 32.9. The molecule has 0 fully saturated rings. The zero-order chi connectivity index (χ0) is 48.8. The fourth-order valence-electron chi connectivity index (χ4n) is 8.82. The zero-order valence-corrected chi connectivity index (χ0v) is 42.6. The van der Waals surface area contributed by atoms with Crippen LogP contribution in [0.25, 0.3) is 21.5 Å². The molecular weight excluding hydrogens is 825 g/mol. The van der Waals surface area contributed by atoms with Crippen LogP contribution in [0, 0.1) is 0 Å². The van der Waals surface area contributed by atoms with E-state index < -0.39 is 44.8 Å². The van der Waals surface area contributed by atoms with Gasteiger partial charge in [-0.05, 0) is 170 Å². The molecule has 6 aromatic rings. The van der Waals surface area contributed by atoms with Crippen molar-refractivity contribution in [3.63, 3.8) is 0 Å². The van der Waals surface area contributed by atoms with Gasteiger partial charge in [0.1, 0.15) is 79.3 Å². The maximum absolute atomic E-state index is 14.7. The topological polar surface area (TPSA) is 95.8 Å². The molecule has 1 aliphatic rings. The Morgan fingerprint density at radius 3 is 0.682 bits per heavy atom. The largest absolute Gasteiger partial charge is 0.488 e. The van der Waals surface area contributed by atoms with Crippen LogP contribution in [0.15, 0.2) is 97.1 Å². The van der Waals surface area contributed by atoms with Crippen LogP contribution in [0.3, 0.4) is 0 Å². The molecule has 1 aliphatic carbocycles. The average Bonchev–Trinajstić information content (AvgIpc) is 3.12. The van der Waals surface area contributed by atoms with E-state index in [1.54, 1.807) is 0 Å². The van der Waals surface area contributed by atoms with Crippen LogP contribution in [-0.4, -0.2) is 43.8 Å². The number of benzene rings is 6. The summed E-state index contributed by atoms with van der Waals surface area (Å²) in [5.41, 5.74) is -5.68. The number of ether oxygens (including phenoxy) is 6. The molecule has 0 saturated heterocycles. The smallest absolute Gasteiger partial charge is 0.148 e. The summed E-state index contributed by atoms with van der Waals surface area (Å²) in [6.07, 6.45) is 0. The van der Waals surface area contributed by atoms with Gasteiger partial charge in [-0.3, -0.25) is 0 Å². The summed E-state index contributed by atoms with van der Waals surface area (Å²) in [7, 11) is 0. The van der Waals surface area contributed by atoms with Crippen molar-refractivity contribution in [2.45, 2.75) is 169 Å². The average molecular weight is 897 g/mol. The van der Waals surface area contributed by atoms with Gasteiger partial charge in [0.2, 0.25) is 0 Å². The van der Waals surface area contributed by atoms with E-state index in [2.05, 4.69) is 0 Å². The van der Waals surface area contributed by atoms with E-state index in [1.807, 2.05) is 222 Å². The van der Waals surface area contributed by atoms with Crippen molar-refractivity contribution in [3.8, 4) is 34.5 Å². The maximum Gasteiger partial charge on any atom is 0.148 e. The standard InChI is InChI=1S/C58H72O8/c1-51(2,3)61-39-31-45(63-53(7,8)9)49(46(32-39)64-54(10,11)12)57(59)41-27-35-23-19-21-25-37(35)29-43(41)58(60,44-30-38-26-22-20-24-36(38)28-42(44)57)50-47(65-55(13,14)15)33-40(62-52(4,5)6)34-48(50)66-56(16,17)18/h19-34,59-60H,1-18H3. The highest BCUT2D eigenvalue weighted by atomic mass is 16.5. The molecule has 0 bridgehead atoms. The summed E-state index contributed by atoms with van der Waals surface area (Å²) >= 11 is 0. The third-order valence-corrected chi connectivity index (χ3v) is 10.6. The molecule has 0 amide bonds. The van der Waals surface area contributed by atoms with Crippen molar-refractivity contribution >= 4 is 21.5 Å². The number of rotatable bonds is 8. The highest BCUT2D eigenvalue weighted by Gasteiger charge is 2.56. The number of hydrogen-bond donors (Lipinski definition) is 2. The number of aliphatic hydroxyl groups is 2. The van der Waals surface area contributed by atoms with E-state index in [9.17, 15) is 10.2 Å². The first-order valence-corrected chi connectivity index (χ1v) is 23.2. The lowest BCUT2D eigenvalue weighted by molar-refractivity contribution is 0.0503. The van der Waals surface area contributed by atoms with Gasteiger partial charge >= 0.3 is 0 Å². The molecule has 0 aliphatic heterocycles. The Balaban J connectivity index is 1.75. The van der Waals surface area contributed by atoms with E-state index in [-0.39, 0.29) is 0 Å². The molecule has 8 heteroatoms. The minimum Gasteiger partial charge on any atom is -0.488 e. The zero-order valence-electron chi connectivity index (χ0n) is 42.6. The molecule has 2 N–H and O–H groups in total. The lowest BCUT2D eigenvalue weighted by Crippen LogP contribution is -2.46. The molecule has 0 spiro atoms. The van der Waals surface area contributed by atoms with Gasteiger partial charge in [0, 0.05) is 46.5 Å². The molecule has 0 aromatic heterocycles. The predicted octanol–water partition coefficient (Wildman–Crippen LogP) is 13.9. The summed E-state index contributed by atoms with van der Waals surface area (Å²) in [6, 6.07) is 31.3. The minimum absolute atomic E-state index is 0.367. The van der Waals surface area contributed by atoms with Gasteiger partial charge in [0.25, 0.3) is 0 Å². The van der Waals surface area contributed by atoms with Crippen LogP contribution in [0.1, 0.15) is 158 Å². The fraction of sp³-hybridized carbons (Fsp3) is 0.448. The summed E-state index contributed by atoms with van der Waals surface area (Å²) in [5.74, 6) is 2.50. The van der Waals surface area contributed by atoms with Gasteiger partial charge in [-0.1, -0.05) is 48.5 Å².